The molecule has 3 rings (SSSR count). The van der Waals surface area contributed by atoms with Crippen molar-refractivity contribution in [3.8, 4) is 11.5 Å². The summed E-state index contributed by atoms with van der Waals surface area (Å²) in [4.78, 5) is 4.27. The molecule has 0 bridgehead atoms. The maximum atomic E-state index is 6.30. The number of hydrogen-bond acceptors (Lipinski definition) is 4. The van der Waals surface area contributed by atoms with Gasteiger partial charge in [0.25, 0.3) is 0 Å². The number of aliphatic imine (C=N–C) groups is 1. The van der Waals surface area contributed by atoms with E-state index in [0.29, 0.717) is 24.0 Å². The number of halogens is 1. The molecule has 152 valence electrons. The van der Waals surface area contributed by atoms with E-state index in [2.05, 4.69) is 33.7 Å². The molecule has 28 heavy (non-hydrogen) atoms. The SMILES string of the molecule is CN=C(NCCCn1nc(C)cc1C)NCCc1cc(Cl)c2c(c1)OCCO2. The van der Waals surface area contributed by atoms with Crippen LogP contribution in [-0.4, -0.2) is 49.1 Å². The Morgan fingerprint density at radius 2 is 1.96 bits per heavy atom. The fraction of sp³-hybridized carbons (Fsp3) is 0.500. The van der Waals surface area contributed by atoms with Gasteiger partial charge < -0.3 is 20.1 Å². The van der Waals surface area contributed by atoms with Gasteiger partial charge in [0, 0.05) is 32.4 Å². The lowest BCUT2D eigenvalue weighted by Gasteiger charge is -2.20. The lowest BCUT2D eigenvalue weighted by atomic mass is 10.1. The third kappa shape index (κ3) is 5.32. The van der Waals surface area contributed by atoms with Gasteiger partial charge in [-0.05, 0) is 50.5 Å². The molecule has 2 heterocycles. The number of aryl methyl sites for hydroxylation is 3. The molecule has 2 N–H and O–H groups in total. The Balaban J connectivity index is 1.41. The van der Waals surface area contributed by atoms with Crippen molar-refractivity contribution in [2.24, 2.45) is 4.99 Å². The van der Waals surface area contributed by atoms with E-state index in [-0.39, 0.29) is 0 Å². The van der Waals surface area contributed by atoms with E-state index < -0.39 is 0 Å². The Kier molecular flexibility index (Phi) is 7.03. The van der Waals surface area contributed by atoms with Crippen molar-refractivity contribution < 1.29 is 9.47 Å². The van der Waals surface area contributed by atoms with Crippen LogP contribution in [0.25, 0.3) is 0 Å². The van der Waals surface area contributed by atoms with Gasteiger partial charge in [0.1, 0.15) is 13.2 Å². The third-order valence-electron chi connectivity index (χ3n) is 4.53. The van der Waals surface area contributed by atoms with Crippen molar-refractivity contribution in [3.63, 3.8) is 0 Å². The highest BCUT2D eigenvalue weighted by atomic mass is 35.5. The van der Waals surface area contributed by atoms with Gasteiger partial charge in [-0.25, -0.2) is 0 Å². The van der Waals surface area contributed by atoms with Crippen molar-refractivity contribution in [1.82, 2.24) is 20.4 Å². The van der Waals surface area contributed by atoms with Gasteiger partial charge in [0.05, 0.1) is 10.7 Å². The molecule has 0 unspecified atom stereocenters. The first-order valence-electron chi connectivity index (χ1n) is 9.60. The Bertz CT molecular complexity index is 834. The summed E-state index contributed by atoms with van der Waals surface area (Å²) in [5, 5.41) is 11.8. The van der Waals surface area contributed by atoms with E-state index in [1.54, 1.807) is 7.05 Å². The number of aromatic nitrogens is 2. The van der Waals surface area contributed by atoms with E-state index >= 15 is 0 Å². The molecular formula is C20H28ClN5O2. The minimum Gasteiger partial charge on any atom is -0.486 e. The number of hydrogen-bond donors (Lipinski definition) is 2. The Morgan fingerprint density at radius 1 is 1.18 bits per heavy atom. The number of fused-ring (bicyclic) bond motifs is 1. The number of nitrogens with one attached hydrogen (secondary N) is 2. The minimum atomic E-state index is 0.537. The fourth-order valence-electron chi connectivity index (χ4n) is 3.19. The minimum absolute atomic E-state index is 0.537. The van der Waals surface area contributed by atoms with Crippen LogP contribution < -0.4 is 20.1 Å². The summed E-state index contributed by atoms with van der Waals surface area (Å²) in [6.45, 7) is 7.65. The van der Waals surface area contributed by atoms with Gasteiger partial charge in [-0.3, -0.25) is 9.67 Å². The molecule has 0 aliphatic carbocycles. The van der Waals surface area contributed by atoms with Crippen LogP contribution >= 0.6 is 11.6 Å². The predicted molar refractivity (Wildman–Crippen MR) is 112 cm³/mol. The average Bonchev–Trinajstić information content (AvgIpc) is 3.01. The average molecular weight is 406 g/mol. The Morgan fingerprint density at radius 3 is 2.71 bits per heavy atom. The third-order valence-corrected chi connectivity index (χ3v) is 4.81. The predicted octanol–water partition coefficient (Wildman–Crippen LogP) is 2.72. The molecule has 8 heteroatoms. The van der Waals surface area contributed by atoms with E-state index in [1.165, 1.54) is 5.69 Å². The molecule has 0 spiro atoms. The van der Waals surface area contributed by atoms with Crippen LogP contribution in [-0.2, 0) is 13.0 Å². The summed E-state index contributed by atoms with van der Waals surface area (Å²) in [5.74, 6) is 2.15. The van der Waals surface area contributed by atoms with Gasteiger partial charge in [0.15, 0.2) is 17.5 Å². The van der Waals surface area contributed by atoms with E-state index in [9.17, 15) is 0 Å². The molecule has 0 atom stereocenters. The summed E-state index contributed by atoms with van der Waals surface area (Å²) in [5.41, 5.74) is 3.35. The standard InChI is InChI=1S/C20H28ClN5O2/c1-14-11-15(2)26(25-14)8-4-6-23-20(22-3)24-7-5-16-12-17(21)19-18(13-16)27-9-10-28-19/h11-13H,4-10H2,1-3H3,(H2,22,23,24). The van der Waals surface area contributed by atoms with Gasteiger partial charge in [0.2, 0.25) is 0 Å². The normalized spacial score (nSPS) is 13.5. The molecule has 0 amide bonds. The fourth-order valence-corrected chi connectivity index (χ4v) is 3.48. The zero-order valence-electron chi connectivity index (χ0n) is 16.7. The summed E-state index contributed by atoms with van der Waals surface area (Å²) in [6.07, 6.45) is 1.78. The molecular weight excluding hydrogens is 378 g/mol. The van der Waals surface area contributed by atoms with Crippen LogP contribution in [0.5, 0.6) is 11.5 Å². The first-order valence-corrected chi connectivity index (χ1v) is 9.98. The highest BCUT2D eigenvalue weighted by molar-refractivity contribution is 6.32. The zero-order chi connectivity index (χ0) is 19.9. The maximum Gasteiger partial charge on any atom is 0.190 e. The molecule has 1 aromatic heterocycles. The number of rotatable bonds is 7. The second-order valence-electron chi connectivity index (χ2n) is 6.78. The van der Waals surface area contributed by atoms with Crippen LogP contribution in [0.4, 0.5) is 0 Å². The first-order chi connectivity index (χ1) is 13.6. The lowest BCUT2D eigenvalue weighted by Crippen LogP contribution is -2.39. The maximum absolute atomic E-state index is 6.30. The smallest absolute Gasteiger partial charge is 0.190 e. The van der Waals surface area contributed by atoms with Gasteiger partial charge in [-0.1, -0.05) is 11.6 Å². The van der Waals surface area contributed by atoms with Gasteiger partial charge >= 0.3 is 0 Å². The Hall–Kier alpha value is -2.41. The monoisotopic (exact) mass is 405 g/mol. The van der Waals surface area contributed by atoms with Gasteiger partial charge in [-0.15, -0.1) is 0 Å². The van der Waals surface area contributed by atoms with Crippen LogP contribution in [0, 0.1) is 13.8 Å². The van der Waals surface area contributed by atoms with Crippen LogP contribution in [0.15, 0.2) is 23.2 Å². The topological polar surface area (TPSA) is 72.7 Å². The quantitative estimate of drug-likeness (QED) is 0.421. The molecule has 0 radical (unpaired) electrons. The zero-order valence-corrected chi connectivity index (χ0v) is 17.5. The molecule has 1 aromatic carbocycles. The number of guanidine groups is 1. The summed E-state index contributed by atoms with van der Waals surface area (Å²) in [7, 11) is 1.78. The molecule has 1 aliphatic rings. The summed E-state index contributed by atoms with van der Waals surface area (Å²) >= 11 is 6.30. The highest BCUT2D eigenvalue weighted by Crippen LogP contribution is 2.38. The first kappa shape index (κ1) is 20.3. The van der Waals surface area contributed by atoms with E-state index in [0.717, 1.165) is 55.4 Å². The molecule has 2 aromatic rings. The van der Waals surface area contributed by atoms with Crippen LogP contribution in [0.1, 0.15) is 23.4 Å². The molecule has 0 fully saturated rings. The van der Waals surface area contributed by atoms with Crippen molar-refractivity contribution in [3.05, 3.63) is 40.2 Å². The van der Waals surface area contributed by atoms with Crippen molar-refractivity contribution in [1.29, 1.82) is 0 Å². The highest BCUT2D eigenvalue weighted by Gasteiger charge is 2.16. The number of nitrogens with zero attached hydrogens (tertiary/aromatic N) is 3. The lowest BCUT2D eigenvalue weighted by molar-refractivity contribution is 0.171. The molecule has 0 saturated heterocycles. The summed E-state index contributed by atoms with van der Waals surface area (Å²) < 4.78 is 13.2. The number of benzene rings is 1. The number of ether oxygens (including phenoxy) is 2. The second kappa shape index (κ2) is 9.68. The largest absolute Gasteiger partial charge is 0.486 e. The van der Waals surface area contributed by atoms with Crippen molar-refractivity contribution in [2.75, 3.05) is 33.4 Å². The van der Waals surface area contributed by atoms with Crippen LogP contribution in [0.2, 0.25) is 5.02 Å². The molecule has 1 aliphatic heterocycles. The molecule has 0 saturated carbocycles. The van der Waals surface area contributed by atoms with E-state index in [1.807, 2.05) is 23.7 Å². The molecule has 7 nitrogen and oxygen atoms in total. The van der Waals surface area contributed by atoms with E-state index in [4.69, 9.17) is 21.1 Å². The Labute approximate surface area is 171 Å². The van der Waals surface area contributed by atoms with Crippen LogP contribution in [0.3, 0.4) is 0 Å². The second-order valence-corrected chi connectivity index (χ2v) is 7.19. The van der Waals surface area contributed by atoms with Crippen molar-refractivity contribution >= 4 is 17.6 Å². The summed E-state index contributed by atoms with van der Waals surface area (Å²) in [6, 6.07) is 6.02. The van der Waals surface area contributed by atoms with Gasteiger partial charge in [-0.2, -0.15) is 5.10 Å². The van der Waals surface area contributed by atoms with Crippen molar-refractivity contribution in [2.45, 2.75) is 33.2 Å².